The van der Waals surface area contributed by atoms with Crippen LogP contribution < -0.4 is 5.32 Å². The van der Waals surface area contributed by atoms with E-state index in [4.69, 9.17) is 4.74 Å². The van der Waals surface area contributed by atoms with Crippen LogP contribution >= 0.6 is 0 Å². The molecule has 2 saturated heterocycles. The second-order valence-corrected chi connectivity index (χ2v) is 4.86. The zero-order valence-electron chi connectivity index (χ0n) is 9.87. The van der Waals surface area contributed by atoms with Gasteiger partial charge < -0.3 is 10.1 Å². The second kappa shape index (κ2) is 5.83. The molecule has 0 saturated carbocycles. The van der Waals surface area contributed by atoms with Crippen LogP contribution in [0.5, 0.6) is 0 Å². The number of nitrogens with zero attached hydrogens (tertiary/aromatic N) is 1. The molecule has 0 radical (unpaired) electrons. The highest BCUT2D eigenvalue weighted by atomic mass is 16.5. The van der Waals surface area contributed by atoms with Crippen LogP contribution in [0, 0.1) is 5.92 Å². The summed E-state index contributed by atoms with van der Waals surface area (Å²) in [6.45, 7) is 9.20. The van der Waals surface area contributed by atoms with Gasteiger partial charge in [0, 0.05) is 38.9 Å². The Morgan fingerprint density at radius 1 is 1.27 bits per heavy atom. The highest BCUT2D eigenvalue weighted by Gasteiger charge is 2.26. The van der Waals surface area contributed by atoms with Gasteiger partial charge in [0.2, 0.25) is 0 Å². The van der Waals surface area contributed by atoms with E-state index in [1.165, 1.54) is 45.4 Å². The van der Waals surface area contributed by atoms with Gasteiger partial charge in [0.15, 0.2) is 0 Å². The van der Waals surface area contributed by atoms with Crippen molar-refractivity contribution < 1.29 is 4.74 Å². The topological polar surface area (TPSA) is 24.5 Å². The molecule has 3 heteroatoms. The monoisotopic (exact) mass is 212 g/mol. The number of ether oxygens (including phenoxy) is 1. The Hall–Kier alpha value is -0.120. The third kappa shape index (κ3) is 3.16. The van der Waals surface area contributed by atoms with Gasteiger partial charge >= 0.3 is 0 Å². The zero-order chi connectivity index (χ0) is 10.5. The summed E-state index contributed by atoms with van der Waals surface area (Å²) < 4.78 is 5.41. The van der Waals surface area contributed by atoms with E-state index in [1.54, 1.807) is 0 Å². The van der Waals surface area contributed by atoms with E-state index in [9.17, 15) is 0 Å². The van der Waals surface area contributed by atoms with Crippen LogP contribution in [0.1, 0.15) is 26.2 Å². The van der Waals surface area contributed by atoms with Crippen LogP contribution in [-0.4, -0.2) is 50.3 Å². The van der Waals surface area contributed by atoms with Crippen molar-refractivity contribution >= 4 is 0 Å². The van der Waals surface area contributed by atoms with E-state index in [0.29, 0.717) is 0 Å². The maximum atomic E-state index is 5.41. The first-order valence-electron chi connectivity index (χ1n) is 6.42. The molecule has 1 N–H and O–H groups in total. The van der Waals surface area contributed by atoms with Crippen LogP contribution in [0.25, 0.3) is 0 Å². The maximum Gasteiger partial charge on any atom is 0.0469 e. The van der Waals surface area contributed by atoms with E-state index < -0.39 is 0 Å². The molecule has 15 heavy (non-hydrogen) atoms. The lowest BCUT2D eigenvalue weighted by Crippen LogP contribution is -2.58. The van der Waals surface area contributed by atoms with Crippen molar-refractivity contribution in [1.29, 1.82) is 0 Å². The second-order valence-electron chi connectivity index (χ2n) is 4.86. The van der Waals surface area contributed by atoms with Gasteiger partial charge in [-0.15, -0.1) is 0 Å². The minimum atomic E-state index is 0.813. The Kier molecular flexibility index (Phi) is 4.42. The normalized spacial score (nSPS) is 24.4. The summed E-state index contributed by atoms with van der Waals surface area (Å²) in [6.07, 6.45) is 3.81. The third-order valence-corrected chi connectivity index (χ3v) is 3.62. The average Bonchev–Trinajstić information content (AvgIpc) is 2.17. The van der Waals surface area contributed by atoms with Crippen molar-refractivity contribution in [1.82, 2.24) is 10.2 Å². The van der Waals surface area contributed by atoms with Crippen molar-refractivity contribution in [2.24, 2.45) is 5.92 Å². The van der Waals surface area contributed by atoms with E-state index in [2.05, 4.69) is 17.1 Å². The summed E-state index contributed by atoms with van der Waals surface area (Å²) in [4.78, 5) is 2.69. The van der Waals surface area contributed by atoms with E-state index in [0.717, 1.165) is 25.2 Å². The van der Waals surface area contributed by atoms with Crippen LogP contribution in [0.3, 0.4) is 0 Å². The van der Waals surface area contributed by atoms with Gasteiger partial charge in [0.1, 0.15) is 0 Å². The summed E-state index contributed by atoms with van der Waals surface area (Å²) >= 11 is 0. The molecule has 2 rings (SSSR count). The van der Waals surface area contributed by atoms with Gasteiger partial charge in [-0.3, -0.25) is 4.90 Å². The number of nitrogens with one attached hydrogen (secondary N) is 1. The van der Waals surface area contributed by atoms with E-state index >= 15 is 0 Å². The fourth-order valence-corrected chi connectivity index (χ4v) is 2.50. The lowest BCUT2D eigenvalue weighted by atomic mass is 9.98. The molecule has 2 aliphatic rings. The van der Waals surface area contributed by atoms with Crippen LogP contribution in [0.2, 0.25) is 0 Å². The molecule has 0 spiro atoms. The molecule has 0 bridgehead atoms. The minimum absolute atomic E-state index is 0.813. The number of rotatable bonds is 5. The molecule has 0 aromatic heterocycles. The van der Waals surface area contributed by atoms with Gasteiger partial charge in [-0.1, -0.05) is 6.92 Å². The van der Waals surface area contributed by atoms with Crippen LogP contribution in [0.15, 0.2) is 0 Å². The highest BCUT2D eigenvalue weighted by molar-refractivity contribution is 4.85. The Morgan fingerprint density at radius 3 is 2.53 bits per heavy atom. The number of hydrogen-bond donors (Lipinski definition) is 1. The SMILES string of the molecule is CCCN(CC1CCOCC1)C1CNC1. The predicted molar refractivity (Wildman–Crippen MR) is 62.1 cm³/mol. The summed E-state index contributed by atoms with van der Waals surface area (Å²) in [5.74, 6) is 0.880. The molecule has 2 aliphatic heterocycles. The molecule has 88 valence electrons. The van der Waals surface area contributed by atoms with Crippen molar-refractivity contribution in [3.05, 3.63) is 0 Å². The molecule has 2 fully saturated rings. The minimum Gasteiger partial charge on any atom is -0.381 e. The van der Waals surface area contributed by atoms with Crippen molar-refractivity contribution in [2.45, 2.75) is 32.2 Å². The van der Waals surface area contributed by atoms with Gasteiger partial charge in [-0.25, -0.2) is 0 Å². The van der Waals surface area contributed by atoms with Gasteiger partial charge in [-0.05, 0) is 31.7 Å². The molecule has 0 aliphatic carbocycles. The predicted octanol–water partition coefficient (Wildman–Crippen LogP) is 1.10. The fraction of sp³-hybridized carbons (Fsp3) is 1.00. The smallest absolute Gasteiger partial charge is 0.0469 e. The Bertz CT molecular complexity index is 176. The number of hydrogen-bond acceptors (Lipinski definition) is 3. The van der Waals surface area contributed by atoms with Crippen molar-refractivity contribution in [3.63, 3.8) is 0 Å². The quantitative estimate of drug-likeness (QED) is 0.738. The molecule has 0 atom stereocenters. The largest absolute Gasteiger partial charge is 0.381 e. The molecule has 3 nitrogen and oxygen atoms in total. The molecular weight excluding hydrogens is 188 g/mol. The molecule has 0 unspecified atom stereocenters. The average molecular weight is 212 g/mol. The summed E-state index contributed by atoms with van der Waals surface area (Å²) in [6, 6.07) is 0.813. The first-order valence-corrected chi connectivity index (χ1v) is 6.42. The molecule has 2 heterocycles. The fourth-order valence-electron chi connectivity index (χ4n) is 2.50. The molecule has 0 aromatic carbocycles. The Balaban J connectivity index is 1.76. The first-order chi connectivity index (χ1) is 7.40. The van der Waals surface area contributed by atoms with Gasteiger partial charge in [-0.2, -0.15) is 0 Å². The van der Waals surface area contributed by atoms with Crippen molar-refractivity contribution in [3.8, 4) is 0 Å². The van der Waals surface area contributed by atoms with Gasteiger partial charge in [0.25, 0.3) is 0 Å². The molecule has 0 aromatic rings. The standard InChI is InChI=1S/C12H24N2O/c1-2-5-14(12-8-13-9-12)10-11-3-6-15-7-4-11/h11-13H,2-10H2,1H3. The van der Waals surface area contributed by atoms with Crippen molar-refractivity contribution in [2.75, 3.05) is 39.4 Å². The first kappa shape index (κ1) is 11.4. The van der Waals surface area contributed by atoms with Crippen LogP contribution in [-0.2, 0) is 4.74 Å². The maximum absolute atomic E-state index is 5.41. The zero-order valence-corrected chi connectivity index (χ0v) is 9.87. The molecule has 0 amide bonds. The lowest BCUT2D eigenvalue weighted by molar-refractivity contribution is 0.0390. The highest BCUT2D eigenvalue weighted by Crippen LogP contribution is 2.18. The Labute approximate surface area is 93.2 Å². The van der Waals surface area contributed by atoms with Gasteiger partial charge in [0.05, 0.1) is 0 Å². The van der Waals surface area contributed by atoms with E-state index in [1.807, 2.05) is 0 Å². The summed E-state index contributed by atoms with van der Waals surface area (Å²) in [5, 5.41) is 3.37. The van der Waals surface area contributed by atoms with E-state index in [-0.39, 0.29) is 0 Å². The lowest BCUT2D eigenvalue weighted by Gasteiger charge is -2.40. The molecular formula is C12H24N2O. The Morgan fingerprint density at radius 2 is 2.00 bits per heavy atom. The third-order valence-electron chi connectivity index (χ3n) is 3.62. The summed E-state index contributed by atoms with van der Waals surface area (Å²) in [7, 11) is 0. The summed E-state index contributed by atoms with van der Waals surface area (Å²) in [5.41, 5.74) is 0. The van der Waals surface area contributed by atoms with Crippen LogP contribution in [0.4, 0.5) is 0 Å².